The molecule has 3 atom stereocenters. The highest BCUT2D eigenvalue weighted by atomic mass is 33.1. The molecule has 2 bridgehead atoms. The normalized spacial score (nSPS) is 30.1. The Morgan fingerprint density at radius 2 is 2.00 bits per heavy atom. The number of hydrogen-bond donors (Lipinski definition) is 2. The lowest BCUT2D eigenvalue weighted by Crippen LogP contribution is -2.19. The van der Waals surface area contributed by atoms with Gasteiger partial charge in [-0.1, -0.05) is 19.3 Å². The van der Waals surface area contributed by atoms with E-state index in [1.807, 2.05) is 0 Å². The average molecular weight is 307 g/mol. The molecule has 2 aliphatic carbocycles. The number of rotatable bonds is 9. The Labute approximate surface area is 120 Å². The van der Waals surface area contributed by atoms with Crippen molar-refractivity contribution in [1.29, 1.82) is 0 Å². The van der Waals surface area contributed by atoms with Crippen molar-refractivity contribution in [3.63, 3.8) is 0 Å². The molecule has 0 amide bonds. The Morgan fingerprint density at radius 3 is 2.63 bits per heavy atom. The quantitative estimate of drug-likeness (QED) is 0.389. The molecule has 2 N–H and O–H groups in total. The molecule has 4 nitrogen and oxygen atoms in total. The fraction of sp³-hybridized carbons (Fsp3) is 1.00. The Balaban J connectivity index is 1.41. The van der Waals surface area contributed by atoms with Crippen molar-refractivity contribution in [2.24, 2.45) is 17.8 Å². The third-order valence-corrected chi connectivity index (χ3v) is 6.64. The maximum Gasteiger partial charge on any atom is 0.319 e. The predicted octanol–water partition coefficient (Wildman–Crippen LogP) is 2.72. The van der Waals surface area contributed by atoms with E-state index in [1.54, 1.807) is 0 Å². The monoisotopic (exact) mass is 307 g/mol. The number of unbranched alkanes of at least 4 members (excludes halogenated alkanes) is 1. The number of fused-ring (bicyclic) bond motifs is 2. The topological polar surface area (TPSA) is 66.4 Å². The minimum atomic E-state index is -3.86. The average Bonchev–Trinajstić information content (AvgIpc) is 2.93. The summed E-state index contributed by atoms with van der Waals surface area (Å²) in [5.41, 5.74) is 0. The number of nitrogens with one attached hydrogen (secondary N) is 1. The second kappa shape index (κ2) is 7.29. The number of hydrogen-bond acceptors (Lipinski definition) is 4. The molecule has 0 saturated heterocycles. The third-order valence-electron chi connectivity index (χ3n) is 4.57. The second-order valence-corrected chi connectivity index (χ2v) is 9.40. The minimum Gasteiger partial charge on any atom is -0.316 e. The first-order chi connectivity index (χ1) is 9.04. The Bertz CT molecular complexity index is 372. The molecule has 0 radical (unpaired) electrons. The molecular formula is C13H25NO3S2. The van der Waals surface area contributed by atoms with Crippen molar-refractivity contribution in [1.82, 2.24) is 5.32 Å². The van der Waals surface area contributed by atoms with E-state index in [1.165, 1.54) is 44.9 Å². The van der Waals surface area contributed by atoms with Crippen LogP contribution in [0.25, 0.3) is 0 Å². The van der Waals surface area contributed by atoms with Gasteiger partial charge in [-0.3, -0.25) is 4.55 Å². The first kappa shape index (κ1) is 15.6. The molecule has 6 heteroatoms. The summed E-state index contributed by atoms with van der Waals surface area (Å²) < 4.78 is 29.5. The van der Waals surface area contributed by atoms with Crippen molar-refractivity contribution in [3.05, 3.63) is 0 Å². The van der Waals surface area contributed by atoms with Crippen LogP contribution in [0.1, 0.15) is 44.9 Å². The lowest BCUT2D eigenvalue weighted by atomic mass is 9.85. The van der Waals surface area contributed by atoms with E-state index in [-0.39, 0.29) is 0 Å². The highest BCUT2D eigenvalue weighted by molar-refractivity contribution is 8.69. The smallest absolute Gasteiger partial charge is 0.316 e. The zero-order chi connectivity index (χ0) is 13.7. The van der Waals surface area contributed by atoms with E-state index >= 15 is 0 Å². The van der Waals surface area contributed by atoms with Gasteiger partial charge >= 0.3 is 9.15 Å². The van der Waals surface area contributed by atoms with Gasteiger partial charge in [0.15, 0.2) is 0 Å². The van der Waals surface area contributed by atoms with Crippen molar-refractivity contribution in [2.45, 2.75) is 44.9 Å². The summed E-state index contributed by atoms with van der Waals surface area (Å²) in [6, 6.07) is 0. The molecule has 19 heavy (non-hydrogen) atoms. The van der Waals surface area contributed by atoms with Gasteiger partial charge in [-0.05, 0) is 60.8 Å². The SMILES string of the molecule is O=S(=O)(O)SCCNCCCCC1CC2CCC1C2. The van der Waals surface area contributed by atoms with Crippen LogP contribution < -0.4 is 5.32 Å². The van der Waals surface area contributed by atoms with Gasteiger partial charge in [0.25, 0.3) is 0 Å². The molecular weight excluding hydrogens is 282 g/mol. The van der Waals surface area contributed by atoms with E-state index in [9.17, 15) is 8.42 Å². The van der Waals surface area contributed by atoms with Crippen LogP contribution in [0.5, 0.6) is 0 Å². The summed E-state index contributed by atoms with van der Waals surface area (Å²) >= 11 is 0. The molecule has 0 heterocycles. The fourth-order valence-electron chi connectivity index (χ4n) is 3.73. The van der Waals surface area contributed by atoms with Crippen LogP contribution in [0.4, 0.5) is 0 Å². The van der Waals surface area contributed by atoms with Gasteiger partial charge in [-0.2, -0.15) is 8.42 Å². The van der Waals surface area contributed by atoms with Gasteiger partial charge in [0.2, 0.25) is 0 Å². The Kier molecular flexibility index (Phi) is 5.99. The molecule has 3 unspecified atom stereocenters. The zero-order valence-corrected chi connectivity index (χ0v) is 13.0. The Morgan fingerprint density at radius 1 is 1.16 bits per heavy atom. The molecule has 0 spiro atoms. The van der Waals surface area contributed by atoms with Crippen molar-refractivity contribution < 1.29 is 13.0 Å². The minimum absolute atomic E-state index is 0.408. The molecule has 112 valence electrons. The van der Waals surface area contributed by atoms with E-state index < -0.39 is 9.15 Å². The summed E-state index contributed by atoms with van der Waals surface area (Å²) in [4.78, 5) is 0. The van der Waals surface area contributed by atoms with Crippen molar-refractivity contribution >= 4 is 19.9 Å². The summed E-state index contributed by atoms with van der Waals surface area (Å²) in [7, 11) is -3.27. The first-order valence-corrected chi connectivity index (χ1v) is 10.3. The van der Waals surface area contributed by atoms with E-state index in [4.69, 9.17) is 4.55 Å². The van der Waals surface area contributed by atoms with Gasteiger partial charge in [-0.15, -0.1) is 0 Å². The van der Waals surface area contributed by atoms with Crippen molar-refractivity contribution in [2.75, 3.05) is 18.8 Å². The molecule has 2 saturated carbocycles. The summed E-state index contributed by atoms with van der Waals surface area (Å²) in [5, 5.41) is 3.22. The molecule has 0 aromatic heterocycles. The lowest BCUT2D eigenvalue weighted by molar-refractivity contribution is 0.305. The van der Waals surface area contributed by atoms with Gasteiger partial charge in [0.1, 0.15) is 0 Å². The van der Waals surface area contributed by atoms with Crippen LogP contribution >= 0.6 is 10.8 Å². The van der Waals surface area contributed by atoms with E-state index in [0.717, 1.165) is 24.3 Å². The zero-order valence-electron chi connectivity index (χ0n) is 11.4. The summed E-state index contributed by atoms with van der Waals surface area (Å²) in [5.74, 6) is 3.48. The maximum absolute atomic E-state index is 10.5. The van der Waals surface area contributed by atoms with Crippen LogP contribution in [0.15, 0.2) is 0 Å². The molecule has 0 aromatic rings. The van der Waals surface area contributed by atoms with Crippen LogP contribution in [0.2, 0.25) is 0 Å². The van der Waals surface area contributed by atoms with Crippen LogP contribution in [-0.2, 0) is 9.15 Å². The van der Waals surface area contributed by atoms with Crippen LogP contribution in [0, 0.1) is 17.8 Å². The second-order valence-electron chi connectivity index (χ2n) is 5.93. The summed E-state index contributed by atoms with van der Waals surface area (Å²) in [6.07, 6.45) is 9.76. The van der Waals surface area contributed by atoms with Gasteiger partial charge in [-0.25, -0.2) is 0 Å². The van der Waals surface area contributed by atoms with E-state index in [0.29, 0.717) is 23.1 Å². The van der Waals surface area contributed by atoms with Crippen LogP contribution in [-0.4, -0.2) is 31.8 Å². The predicted molar refractivity (Wildman–Crippen MR) is 79.7 cm³/mol. The highest BCUT2D eigenvalue weighted by Crippen LogP contribution is 2.49. The summed E-state index contributed by atoms with van der Waals surface area (Å²) in [6.45, 7) is 1.59. The van der Waals surface area contributed by atoms with Gasteiger partial charge < -0.3 is 5.32 Å². The van der Waals surface area contributed by atoms with Crippen molar-refractivity contribution in [3.8, 4) is 0 Å². The highest BCUT2D eigenvalue weighted by Gasteiger charge is 2.38. The molecule has 2 fully saturated rings. The van der Waals surface area contributed by atoms with Crippen LogP contribution in [0.3, 0.4) is 0 Å². The Hall–Kier alpha value is 0.220. The molecule has 0 aliphatic heterocycles. The largest absolute Gasteiger partial charge is 0.319 e. The molecule has 2 aliphatic rings. The van der Waals surface area contributed by atoms with Gasteiger partial charge in [0.05, 0.1) is 0 Å². The van der Waals surface area contributed by atoms with E-state index in [2.05, 4.69) is 5.32 Å². The fourth-order valence-corrected chi connectivity index (χ4v) is 5.05. The standard InChI is InChI=1S/C13H25NO3S2/c15-19(16,17)18-8-7-14-6-2-1-3-12-9-11-4-5-13(12)10-11/h11-14H,1-10H2,(H,15,16,17). The lowest BCUT2D eigenvalue weighted by Gasteiger charge is -2.21. The third kappa shape index (κ3) is 5.61. The molecule has 2 rings (SSSR count). The van der Waals surface area contributed by atoms with Gasteiger partial charge in [0, 0.05) is 12.3 Å². The first-order valence-electron chi connectivity index (χ1n) is 7.37. The molecule has 0 aromatic carbocycles. The maximum atomic E-state index is 10.5.